The molecular weight excluding hydrogens is 226 g/mol. The summed E-state index contributed by atoms with van der Waals surface area (Å²) < 4.78 is 0. The number of hydrogen-bond acceptors (Lipinski definition) is 4. The van der Waals surface area contributed by atoms with Gasteiger partial charge in [0.05, 0.1) is 4.99 Å². The maximum atomic E-state index is 5.53. The van der Waals surface area contributed by atoms with Crippen LogP contribution in [0.1, 0.15) is 6.42 Å². The standard InChI is InChI=1S/C10H21N3S2/c1-15-8-2-3-12-4-6-13(7-5-12)9-10(11)14/h2-9H2,1H3,(H2,11,14). The molecular formula is C10H21N3S2. The van der Waals surface area contributed by atoms with E-state index < -0.39 is 0 Å². The van der Waals surface area contributed by atoms with Gasteiger partial charge in [-0.3, -0.25) is 4.90 Å². The van der Waals surface area contributed by atoms with Gasteiger partial charge in [-0.15, -0.1) is 0 Å². The van der Waals surface area contributed by atoms with Gasteiger partial charge in [-0.1, -0.05) is 12.2 Å². The summed E-state index contributed by atoms with van der Waals surface area (Å²) >= 11 is 6.84. The van der Waals surface area contributed by atoms with Crippen LogP contribution in [-0.2, 0) is 0 Å². The lowest BCUT2D eigenvalue weighted by atomic mass is 10.3. The fourth-order valence-corrected chi connectivity index (χ4v) is 2.42. The first-order valence-electron chi connectivity index (χ1n) is 5.44. The van der Waals surface area contributed by atoms with Crippen LogP contribution in [0.3, 0.4) is 0 Å². The minimum absolute atomic E-state index is 0.617. The Hall–Kier alpha value is 0.160. The fourth-order valence-electron chi connectivity index (χ4n) is 1.82. The quantitative estimate of drug-likeness (QED) is 0.550. The molecule has 0 bridgehead atoms. The smallest absolute Gasteiger partial charge is 0.0870 e. The van der Waals surface area contributed by atoms with E-state index in [1.54, 1.807) is 0 Å². The van der Waals surface area contributed by atoms with Crippen LogP contribution in [0.2, 0.25) is 0 Å². The molecule has 1 rings (SSSR count). The van der Waals surface area contributed by atoms with Crippen LogP contribution >= 0.6 is 24.0 Å². The molecule has 0 amide bonds. The predicted octanol–water partition coefficient (Wildman–Crippen LogP) is 0.643. The van der Waals surface area contributed by atoms with E-state index in [0.717, 1.165) is 32.7 Å². The molecule has 0 unspecified atom stereocenters. The first-order valence-corrected chi connectivity index (χ1v) is 7.24. The maximum Gasteiger partial charge on any atom is 0.0870 e. The fraction of sp³-hybridized carbons (Fsp3) is 0.900. The van der Waals surface area contributed by atoms with Gasteiger partial charge in [0.2, 0.25) is 0 Å². The van der Waals surface area contributed by atoms with Crippen molar-refractivity contribution in [2.24, 2.45) is 5.73 Å². The van der Waals surface area contributed by atoms with Crippen molar-refractivity contribution in [2.75, 3.05) is 51.3 Å². The van der Waals surface area contributed by atoms with Crippen LogP contribution in [0.25, 0.3) is 0 Å². The molecule has 0 atom stereocenters. The Morgan fingerprint density at radius 1 is 1.27 bits per heavy atom. The third-order valence-corrected chi connectivity index (χ3v) is 3.49. The van der Waals surface area contributed by atoms with Crippen LogP contribution in [0.15, 0.2) is 0 Å². The van der Waals surface area contributed by atoms with E-state index in [0.29, 0.717) is 4.99 Å². The first kappa shape index (κ1) is 13.2. The third kappa shape index (κ3) is 5.70. The minimum atomic E-state index is 0.617. The van der Waals surface area contributed by atoms with Crippen molar-refractivity contribution in [3.05, 3.63) is 0 Å². The average molecular weight is 247 g/mol. The summed E-state index contributed by atoms with van der Waals surface area (Å²) in [6.07, 6.45) is 3.47. The number of nitrogens with zero attached hydrogens (tertiary/aromatic N) is 2. The van der Waals surface area contributed by atoms with Crippen LogP contribution in [0.4, 0.5) is 0 Å². The Morgan fingerprint density at radius 2 is 1.87 bits per heavy atom. The van der Waals surface area contributed by atoms with Crippen molar-refractivity contribution in [3.8, 4) is 0 Å². The van der Waals surface area contributed by atoms with E-state index in [4.69, 9.17) is 18.0 Å². The second-order valence-corrected chi connectivity index (χ2v) is 5.44. The van der Waals surface area contributed by atoms with Gasteiger partial charge in [0.15, 0.2) is 0 Å². The summed E-state index contributed by atoms with van der Waals surface area (Å²) in [4.78, 5) is 5.49. The first-order chi connectivity index (χ1) is 7.22. The molecule has 1 aliphatic heterocycles. The Kier molecular flexibility index (Phi) is 6.56. The normalized spacial score (nSPS) is 19.3. The van der Waals surface area contributed by atoms with Gasteiger partial charge in [-0.25, -0.2) is 0 Å². The summed E-state index contributed by atoms with van der Waals surface area (Å²) in [5.41, 5.74) is 5.53. The van der Waals surface area contributed by atoms with Crippen molar-refractivity contribution in [1.29, 1.82) is 0 Å². The summed E-state index contributed by atoms with van der Waals surface area (Å²) in [5, 5.41) is 0. The molecule has 0 aliphatic carbocycles. The number of hydrogen-bond donors (Lipinski definition) is 1. The summed E-state index contributed by atoms with van der Waals surface area (Å²) in [6.45, 7) is 6.57. The van der Waals surface area contributed by atoms with E-state index >= 15 is 0 Å². The summed E-state index contributed by atoms with van der Waals surface area (Å²) in [6, 6.07) is 0. The second kappa shape index (κ2) is 7.44. The van der Waals surface area contributed by atoms with Crippen molar-refractivity contribution >= 4 is 29.0 Å². The number of rotatable bonds is 6. The van der Waals surface area contributed by atoms with E-state index in [1.807, 2.05) is 11.8 Å². The molecule has 0 aromatic carbocycles. The zero-order chi connectivity index (χ0) is 11.1. The highest BCUT2D eigenvalue weighted by Crippen LogP contribution is 2.04. The number of thiocarbonyl (C=S) groups is 1. The molecule has 0 aromatic heterocycles. The van der Waals surface area contributed by atoms with Crippen molar-refractivity contribution in [2.45, 2.75) is 6.42 Å². The van der Waals surface area contributed by atoms with Crippen molar-refractivity contribution in [1.82, 2.24) is 9.80 Å². The molecule has 1 fully saturated rings. The topological polar surface area (TPSA) is 32.5 Å². The lowest BCUT2D eigenvalue weighted by Gasteiger charge is -2.34. The lowest BCUT2D eigenvalue weighted by Crippen LogP contribution is -2.48. The molecule has 0 aromatic rings. The molecule has 88 valence electrons. The zero-order valence-electron chi connectivity index (χ0n) is 9.45. The second-order valence-electron chi connectivity index (χ2n) is 3.93. The summed E-state index contributed by atoms with van der Waals surface area (Å²) in [5.74, 6) is 1.27. The van der Waals surface area contributed by atoms with Crippen LogP contribution in [0.5, 0.6) is 0 Å². The highest BCUT2D eigenvalue weighted by Gasteiger charge is 2.16. The maximum absolute atomic E-state index is 5.53. The van der Waals surface area contributed by atoms with Gasteiger partial charge in [-0.2, -0.15) is 11.8 Å². The van der Waals surface area contributed by atoms with E-state index in [1.165, 1.54) is 18.7 Å². The van der Waals surface area contributed by atoms with Crippen molar-refractivity contribution < 1.29 is 0 Å². The molecule has 5 heteroatoms. The van der Waals surface area contributed by atoms with Crippen LogP contribution < -0.4 is 5.73 Å². The van der Waals surface area contributed by atoms with E-state index in [-0.39, 0.29) is 0 Å². The van der Waals surface area contributed by atoms with Crippen LogP contribution in [-0.4, -0.2) is 66.1 Å². The third-order valence-electron chi connectivity index (χ3n) is 2.67. The van der Waals surface area contributed by atoms with Gasteiger partial charge in [-0.05, 0) is 25.0 Å². The highest BCUT2D eigenvalue weighted by molar-refractivity contribution is 7.98. The molecule has 1 saturated heterocycles. The zero-order valence-corrected chi connectivity index (χ0v) is 11.1. The minimum Gasteiger partial charge on any atom is -0.392 e. The molecule has 15 heavy (non-hydrogen) atoms. The van der Waals surface area contributed by atoms with Gasteiger partial charge in [0, 0.05) is 32.7 Å². The highest BCUT2D eigenvalue weighted by atomic mass is 32.2. The molecule has 0 saturated carbocycles. The molecule has 0 radical (unpaired) electrons. The average Bonchev–Trinajstić information content (AvgIpc) is 2.20. The van der Waals surface area contributed by atoms with Gasteiger partial charge in [0.25, 0.3) is 0 Å². The lowest BCUT2D eigenvalue weighted by molar-refractivity contribution is 0.146. The van der Waals surface area contributed by atoms with E-state index in [9.17, 15) is 0 Å². The SMILES string of the molecule is CSCCCN1CCN(CC(N)=S)CC1. The predicted molar refractivity (Wildman–Crippen MR) is 72.7 cm³/mol. The Morgan fingerprint density at radius 3 is 2.40 bits per heavy atom. The van der Waals surface area contributed by atoms with E-state index in [2.05, 4.69) is 16.1 Å². The Bertz CT molecular complexity index is 191. The number of piperazine rings is 1. The van der Waals surface area contributed by atoms with Crippen molar-refractivity contribution in [3.63, 3.8) is 0 Å². The molecule has 3 nitrogen and oxygen atoms in total. The summed E-state index contributed by atoms with van der Waals surface area (Å²) in [7, 11) is 0. The van der Waals surface area contributed by atoms with Crippen LogP contribution in [0, 0.1) is 0 Å². The molecule has 1 aliphatic rings. The monoisotopic (exact) mass is 247 g/mol. The number of nitrogens with two attached hydrogens (primary N) is 1. The van der Waals surface area contributed by atoms with Gasteiger partial charge >= 0.3 is 0 Å². The Labute approximate surface area is 102 Å². The molecule has 0 spiro atoms. The molecule has 2 N–H and O–H groups in total. The number of thioether (sulfide) groups is 1. The largest absolute Gasteiger partial charge is 0.392 e. The van der Waals surface area contributed by atoms with Gasteiger partial charge in [0.1, 0.15) is 0 Å². The van der Waals surface area contributed by atoms with Gasteiger partial charge < -0.3 is 10.6 Å². The Balaban J connectivity index is 2.10. The molecule has 1 heterocycles.